The molecule has 9 rings (SSSR count). The standard InChI is InChI=1S/C41H24N4S/c42-25-26-21-23-28(24-22-26)39-43-38(27-11-2-1-3-12-27)44-40(45-39)30-14-10-18-34-37(30)29-13-4-5-15-31(29)41(34)32-16-6-8-19-35(32)46-36-20-9-7-17-33(36)41/h1-24H. The second-order valence-electron chi connectivity index (χ2n) is 11.5. The average molecular weight is 605 g/mol. The fourth-order valence-corrected chi connectivity index (χ4v) is 8.32. The first-order valence-electron chi connectivity index (χ1n) is 15.2. The minimum absolute atomic E-state index is 0.481. The quantitative estimate of drug-likeness (QED) is 0.201. The number of rotatable bonds is 3. The number of hydrogen-bond acceptors (Lipinski definition) is 5. The Kier molecular flexibility index (Phi) is 5.99. The first kappa shape index (κ1) is 26.6. The molecule has 0 radical (unpaired) electrons. The summed E-state index contributed by atoms with van der Waals surface area (Å²) in [5.41, 5.74) is 10.2. The van der Waals surface area contributed by atoms with Gasteiger partial charge in [0.05, 0.1) is 17.0 Å². The maximum atomic E-state index is 9.39. The molecule has 0 bridgehead atoms. The lowest BCUT2D eigenvalue weighted by Gasteiger charge is -2.39. The normalized spacial score (nSPS) is 13.3. The van der Waals surface area contributed by atoms with Crippen molar-refractivity contribution in [2.45, 2.75) is 15.2 Å². The first-order valence-corrected chi connectivity index (χ1v) is 16.0. The van der Waals surface area contributed by atoms with Gasteiger partial charge >= 0.3 is 0 Å². The van der Waals surface area contributed by atoms with E-state index >= 15 is 0 Å². The number of fused-ring (bicyclic) bond motifs is 9. The van der Waals surface area contributed by atoms with Crippen LogP contribution < -0.4 is 0 Å². The third-order valence-corrected chi connectivity index (χ3v) is 10.2. The van der Waals surface area contributed by atoms with E-state index in [1.165, 1.54) is 37.6 Å². The van der Waals surface area contributed by atoms with Gasteiger partial charge in [-0.2, -0.15) is 5.26 Å². The zero-order valence-electron chi connectivity index (χ0n) is 24.6. The van der Waals surface area contributed by atoms with Crippen molar-refractivity contribution in [1.29, 1.82) is 5.26 Å². The van der Waals surface area contributed by atoms with Gasteiger partial charge < -0.3 is 0 Å². The van der Waals surface area contributed by atoms with Crippen molar-refractivity contribution >= 4 is 11.8 Å². The summed E-state index contributed by atoms with van der Waals surface area (Å²) in [5.74, 6) is 1.79. The Balaban J connectivity index is 1.35. The topological polar surface area (TPSA) is 62.5 Å². The molecular formula is C41H24N4S. The van der Waals surface area contributed by atoms with Gasteiger partial charge in [0.15, 0.2) is 17.5 Å². The highest BCUT2D eigenvalue weighted by Gasteiger charge is 2.50. The number of nitrogens with zero attached hydrogens (tertiary/aromatic N) is 4. The van der Waals surface area contributed by atoms with E-state index in [-0.39, 0.29) is 0 Å². The van der Waals surface area contributed by atoms with Crippen LogP contribution in [0.2, 0.25) is 0 Å². The third kappa shape index (κ3) is 3.84. The van der Waals surface area contributed by atoms with E-state index in [1.54, 1.807) is 12.1 Å². The molecule has 214 valence electrons. The molecule has 1 aromatic heterocycles. The molecule has 0 saturated carbocycles. The van der Waals surface area contributed by atoms with Crippen LogP contribution in [-0.2, 0) is 5.41 Å². The van der Waals surface area contributed by atoms with Gasteiger partial charge in [0.25, 0.3) is 0 Å². The van der Waals surface area contributed by atoms with Gasteiger partial charge in [0.1, 0.15) is 0 Å². The van der Waals surface area contributed by atoms with E-state index in [9.17, 15) is 5.26 Å². The van der Waals surface area contributed by atoms with Crippen LogP contribution in [0.3, 0.4) is 0 Å². The molecule has 6 aromatic carbocycles. The summed E-state index contributed by atoms with van der Waals surface area (Å²) >= 11 is 1.84. The molecule has 2 aliphatic rings. The van der Waals surface area contributed by atoms with E-state index in [0.29, 0.717) is 23.0 Å². The maximum absolute atomic E-state index is 9.39. The Morgan fingerprint density at radius 3 is 1.65 bits per heavy atom. The van der Waals surface area contributed by atoms with Crippen LogP contribution in [0.15, 0.2) is 155 Å². The third-order valence-electron chi connectivity index (χ3n) is 9.05. The van der Waals surface area contributed by atoms with Crippen molar-refractivity contribution in [3.05, 3.63) is 173 Å². The summed E-state index contributed by atoms with van der Waals surface area (Å²) in [4.78, 5) is 17.7. The lowest BCUT2D eigenvalue weighted by molar-refractivity contribution is 0.722. The fourth-order valence-electron chi connectivity index (χ4n) is 7.12. The summed E-state index contributed by atoms with van der Waals surface area (Å²) in [6, 6.07) is 52.6. The van der Waals surface area contributed by atoms with Crippen LogP contribution in [0.25, 0.3) is 45.3 Å². The molecule has 1 spiro atoms. The molecule has 5 heteroatoms. The van der Waals surface area contributed by atoms with E-state index in [4.69, 9.17) is 15.0 Å². The van der Waals surface area contributed by atoms with Crippen LogP contribution >= 0.6 is 11.8 Å². The molecule has 2 heterocycles. The van der Waals surface area contributed by atoms with E-state index in [2.05, 4.69) is 97.1 Å². The molecule has 0 atom stereocenters. The van der Waals surface area contributed by atoms with Gasteiger partial charge in [0, 0.05) is 26.5 Å². The minimum atomic E-state index is -0.481. The maximum Gasteiger partial charge on any atom is 0.164 e. The average Bonchev–Trinajstić information content (AvgIpc) is 3.43. The van der Waals surface area contributed by atoms with Crippen LogP contribution in [0.4, 0.5) is 0 Å². The van der Waals surface area contributed by atoms with Crippen molar-refractivity contribution in [2.24, 2.45) is 0 Å². The highest BCUT2D eigenvalue weighted by molar-refractivity contribution is 7.99. The first-order chi connectivity index (χ1) is 22.8. The van der Waals surface area contributed by atoms with Gasteiger partial charge in [-0.05, 0) is 69.8 Å². The zero-order valence-corrected chi connectivity index (χ0v) is 25.4. The molecule has 1 aliphatic heterocycles. The van der Waals surface area contributed by atoms with Crippen molar-refractivity contribution in [2.75, 3.05) is 0 Å². The molecule has 0 amide bonds. The fraction of sp³-hybridized carbons (Fsp3) is 0.0244. The van der Waals surface area contributed by atoms with Gasteiger partial charge in [-0.15, -0.1) is 0 Å². The number of benzene rings is 6. The van der Waals surface area contributed by atoms with Crippen LogP contribution in [0.5, 0.6) is 0 Å². The molecule has 1 aliphatic carbocycles. The lowest BCUT2D eigenvalue weighted by atomic mass is 9.67. The molecule has 0 N–H and O–H groups in total. The SMILES string of the molecule is N#Cc1ccc(-c2nc(-c3ccccc3)nc(-c3cccc4c3-c3ccccc3C43c4ccccc4Sc4ccccc43)n2)cc1. The lowest BCUT2D eigenvalue weighted by Crippen LogP contribution is -2.31. The Labute approximate surface area is 271 Å². The van der Waals surface area contributed by atoms with Crippen molar-refractivity contribution in [3.63, 3.8) is 0 Å². The van der Waals surface area contributed by atoms with E-state index in [1.807, 2.05) is 54.2 Å². The molecule has 0 unspecified atom stereocenters. The highest BCUT2D eigenvalue weighted by atomic mass is 32.2. The number of nitriles is 1. The Morgan fingerprint density at radius 1 is 0.457 bits per heavy atom. The van der Waals surface area contributed by atoms with E-state index in [0.717, 1.165) is 22.3 Å². The van der Waals surface area contributed by atoms with Gasteiger partial charge in [0.2, 0.25) is 0 Å². The molecule has 7 aromatic rings. The molecule has 0 saturated heterocycles. The number of hydrogen-bond donors (Lipinski definition) is 0. The van der Waals surface area contributed by atoms with Gasteiger partial charge in [-0.25, -0.2) is 15.0 Å². The van der Waals surface area contributed by atoms with Gasteiger partial charge in [-0.3, -0.25) is 0 Å². The summed E-state index contributed by atoms with van der Waals surface area (Å²) < 4.78 is 0. The Morgan fingerprint density at radius 2 is 0.978 bits per heavy atom. The largest absolute Gasteiger partial charge is 0.208 e. The summed E-state index contributed by atoms with van der Waals surface area (Å²) in [5, 5.41) is 9.39. The highest BCUT2D eigenvalue weighted by Crippen LogP contribution is 2.63. The second kappa shape index (κ2) is 10.4. The second-order valence-corrected chi connectivity index (χ2v) is 12.6. The van der Waals surface area contributed by atoms with Crippen LogP contribution in [-0.4, -0.2) is 15.0 Å². The van der Waals surface area contributed by atoms with Crippen molar-refractivity contribution < 1.29 is 0 Å². The number of aromatic nitrogens is 3. The predicted molar refractivity (Wildman–Crippen MR) is 182 cm³/mol. The Bertz CT molecular complexity index is 2310. The molecule has 46 heavy (non-hydrogen) atoms. The van der Waals surface area contributed by atoms with Crippen LogP contribution in [0, 0.1) is 11.3 Å². The van der Waals surface area contributed by atoms with E-state index < -0.39 is 5.41 Å². The van der Waals surface area contributed by atoms with Crippen molar-refractivity contribution in [3.8, 4) is 51.4 Å². The molecule has 4 nitrogen and oxygen atoms in total. The summed E-state index contributed by atoms with van der Waals surface area (Å²) in [7, 11) is 0. The Hall–Kier alpha value is -5.83. The van der Waals surface area contributed by atoms with Gasteiger partial charge in [-0.1, -0.05) is 121 Å². The molecule has 0 fully saturated rings. The minimum Gasteiger partial charge on any atom is -0.208 e. The summed E-state index contributed by atoms with van der Waals surface area (Å²) in [6.45, 7) is 0. The monoisotopic (exact) mass is 604 g/mol. The predicted octanol–water partition coefficient (Wildman–Crippen LogP) is 9.57. The van der Waals surface area contributed by atoms with Crippen molar-refractivity contribution in [1.82, 2.24) is 15.0 Å². The smallest absolute Gasteiger partial charge is 0.164 e. The van der Waals surface area contributed by atoms with Crippen LogP contribution in [0.1, 0.15) is 27.8 Å². The molecular weight excluding hydrogens is 581 g/mol. The zero-order chi connectivity index (χ0) is 30.7. The summed E-state index contributed by atoms with van der Waals surface area (Å²) in [6.07, 6.45) is 0.